The van der Waals surface area contributed by atoms with Gasteiger partial charge in [0.15, 0.2) is 0 Å². The van der Waals surface area contributed by atoms with Crippen LogP contribution in [0, 0.1) is 5.92 Å². The molecule has 2 rings (SSSR count). The second kappa shape index (κ2) is 4.22. The van der Waals surface area contributed by atoms with Gasteiger partial charge in [-0.2, -0.15) is 5.10 Å². The van der Waals surface area contributed by atoms with E-state index in [1.165, 1.54) is 0 Å². The second-order valence-electron chi connectivity index (χ2n) is 3.81. The summed E-state index contributed by atoms with van der Waals surface area (Å²) in [6.07, 6.45) is 1.81. The van der Waals surface area contributed by atoms with Crippen molar-refractivity contribution in [2.45, 2.75) is 13.5 Å². The SMILES string of the molecule is CC(Cn1ncc2ccccc21)C(N)=NO. The van der Waals surface area contributed by atoms with Gasteiger partial charge in [0.25, 0.3) is 0 Å². The van der Waals surface area contributed by atoms with Gasteiger partial charge in [0.1, 0.15) is 5.84 Å². The molecule has 2 aromatic rings. The maximum absolute atomic E-state index is 8.58. The van der Waals surface area contributed by atoms with Crippen LogP contribution in [-0.4, -0.2) is 20.8 Å². The highest BCUT2D eigenvalue weighted by atomic mass is 16.4. The van der Waals surface area contributed by atoms with E-state index >= 15 is 0 Å². The molecule has 3 N–H and O–H groups in total. The molecule has 0 amide bonds. The molecule has 84 valence electrons. The number of benzene rings is 1. The molecule has 0 radical (unpaired) electrons. The quantitative estimate of drug-likeness (QED) is 0.354. The number of hydrogen-bond acceptors (Lipinski definition) is 3. The standard InChI is InChI=1S/C11H14N4O/c1-8(11(12)14-16)7-15-10-5-3-2-4-9(10)6-13-15/h2-6,8,16H,7H2,1H3,(H2,12,14). The van der Waals surface area contributed by atoms with Crippen LogP contribution in [-0.2, 0) is 6.54 Å². The van der Waals surface area contributed by atoms with Crippen molar-refractivity contribution < 1.29 is 5.21 Å². The lowest BCUT2D eigenvalue weighted by atomic mass is 10.1. The molecule has 16 heavy (non-hydrogen) atoms. The molecule has 0 aliphatic carbocycles. The lowest BCUT2D eigenvalue weighted by molar-refractivity contribution is 0.313. The molecular weight excluding hydrogens is 204 g/mol. The molecule has 0 spiro atoms. The van der Waals surface area contributed by atoms with Crippen LogP contribution in [0.5, 0.6) is 0 Å². The summed E-state index contributed by atoms with van der Waals surface area (Å²) in [6.45, 7) is 2.49. The average Bonchev–Trinajstić information content (AvgIpc) is 2.72. The third-order valence-electron chi connectivity index (χ3n) is 2.62. The minimum atomic E-state index is -0.0479. The zero-order valence-corrected chi connectivity index (χ0v) is 9.04. The first-order valence-electron chi connectivity index (χ1n) is 5.10. The van der Waals surface area contributed by atoms with E-state index in [-0.39, 0.29) is 11.8 Å². The Morgan fingerprint density at radius 3 is 3.06 bits per heavy atom. The Morgan fingerprint density at radius 1 is 1.56 bits per heavy atom. The maximum atomic E-state index is 8.58. The number of para-hydroxylation sites is 1. The molecule has 0 fully saturated rings. The first-order chi connectivity index (χ1) is 7.72. The van der Waals surface area contributed by atoms with E-state index in [2.05, 4.69) is 10.3 Å². The number of amidine groups is 1. The molecule has 0 aliphatic heterocycles. The van der Waals surface area contributed by atoms with Crippen molar-refractivity contribution in [2.75, 3.05) is 0 Å². The van der Waals surface area contributed by atoms with Gasteiger partial charge in [-0.3, -0.25) is 4.68 Å². The highest BCUT2D eigenvalue weighted by Crippen LogP contribution is 2.14. The van der Waals surface area contributed by atoms with E-state index in [9.17, 15) is 0 Å². The van der Waals surface area contributed by atoms with Crippen LogP contribution in [0.15, 0.2) is 35.6 Å². The number of rotatable bonds is 3. The third-order valence-corrected chi connectivity index (χ3v) is 2.62. The molecule has 5 nitrogen and oxygen atoms in total. The lowest BCUT2D eigenvalue weighted by Gasteiger charge is -2.10. The first kappa shape index (κ1) is 10.5. The van der Waals surface area contributed by atoms with Gasteiger partial charge >= 0.3 is 0 Å². The minimum Gasteiger partial charge on any atom is -0.409 e. The molecule has 0 saturated heterocycles. The maximum Gasteiger partial charge on any atom is 0.143 e. The molecule has 1 atom stereocenters. The van der Waals surface area contributed by atoms with Crippen LogP contribution < -0.4 is 5.73 Å². The van der Waals surface area contributed by atoms with Crippen molar-refractivity contribution in [3.63, 3.8) is 0 Å². The number of nitrogens with zero attached hydrogens (tertiary/aromatic N) is 3. The summed E-state index contributed by atoms with van der Waals surface area (Å²) < 4.78 is 1.86. The van der Waals surface area contributed by atoms with Crippen LogP contribution in [0.3, 0.4) is 0 Å². The van der Waals surface area contributed by atoms with E-state index in [1.54, 1.807) is 0 Å². The Morgan fingerprint density at radius 2 is 2.31 bits per heavy atom. The molecule has 1 aromatic carbocycles. The lowest BCUT2D eigenvalue weighted by Crippen LogP contribution is -2.25. The average molecular weight is 218 g/mol. The van der Waals surface area contributed by atoms with Gasteiger partial charge in [0.2, 0.25) is 0 Å². The molecule has 1 aromatic heterocycles. The largest absolute Gasteiger partial charge is 0.409 e. The normalized spacial score (nSPS) is 14.2. The van der Waals surface area contributed by atoms with Crippen molar-refractivity contribution in [2.24, 2.45) is 16.8 Å². The smallest absolute Gasteiger partial charge is 0.143 e. The molecule has 5 heteroatoms. The van der Waals surface area contributed by atoms with Gasteiger partial charge in [0.05, 0.1) is 18.3 Å². The van der Waals surface area contributed by atoms with E-state index in [0.717, 1.165) is 10.9 Å². The zero-order chi connectivity index (χ0) is 11.5. The fraction of sp³-hybridized carbons (Fsp3) is 0.273. The molecule has 1 unspecified atom stereocenters. The topological polar surface area (TPSA) is 76.4 Å². The zero-order valence-electron chi connectivity index (χ0n) is 9.04. The number of nitrogens with two attached hydrogens (primary N) is 1. The summed E-state index contributed by atoms with van der Waals surface area (Å²) in [5.74, 6) is 0.174. The van der Waals surface area contributed by atoms with Gasteiger partial charge in [-0.05, 0) is 6.07 Å². The van der Waals surface area contributed by atoms with Crippen LogP contribution in [0.4, 0.5) is 0 Å². The Labute approximate surface area is 93.2 Å². The van der Waals surface area contributed by atoms with Crippen molar-refractivity contribution in [3.05, 3.63) is 30.5 Å². The van der Waals surface area contributed by atoms with Crippen LogP contribution in [0.1, 0.15) is 6.92 Å². The Kier molecular flexibility index (Phi) is 2.76. The minimum absolute atomic E-state index is 0.0479. The third kappa shape index (κ3) is 1.84. The summed E-state index contributed by atoms with van der Waals surface area (Å²) in [7, 11) is 0. The predicted molar refractivity (Wildman–Crippen MR) is 62.3 cm³/mol. The summed E-state index contributed by atoms with van der Waals surface area (Å²) in [5, 5.41) is 17.0. The number of aromatic nitrogens is 2. The van der Waals surface area contributed by atoms with E-state index in [0.29, 0.717) is 6.54 Å². The van der Waals surface area contributed by atoms with Crippen molar-refractivity contribution >= 4 is 16.7 Å². The highest BCUT2D eigenvalue weighted by molar-refractivity contribution is 5.82. The molecule has 0 bridgehead atoms. The highest BCUT2D eigenvalue weighted by Gasteiger charge is 2.10. The molecule has 1 heterocycles. The monoisotopic (exact) mass is 218 g/mol. The van der Waals surface area contributed by atoms with Crippen LogP contribution in [0.2, 0.25) is 0 Å². The Hall–Kier alpha value is -2.04. The second-order valence-corrected chi connectivity index (χ2v) is 3.81. The Balaban J connectivity index is 2.28. The number of oxime groups is 1. The van der Waals surface area contributed by atoms with Gasteiger partial charge in [-0.1, -0.05) is 30.3 Å². The number of fused-ring (bicyclic) bond motifs is 1. The van der Waals surface area contributed by atoms with Crippen molar-refractivity contribution in [1.82, 2.24) is 9.78 Å². The first-order valence-corrected chi connectivity index (χ1v) is 5.10. The fourth-order valence-corrected chi connectivity index (χ4v) is 1.62. The molecule has 0 saturated carbocycles. The summed E-state index contributed by atoms with van der Waals surface area (Å²) in [5.41, 5.74) is 6.59. The summed E-state index contributed by atoms with van der Waals surface area (Å²) in [6, 6.07) is 7.95. The van der Waals surface area contributed by atoms with E-state index < -0.39 is 0 Å². The van der Waals surface area contributed by atoms with Crippen LogP contribution >= 0.6 is 0 Å². The number of hydrogen-bond donors (Lipinski definition) is 2. The van der Waals surface area contributed by atoms with E-state index in [4.69, 9.17) is 10.9 Å². The van der Waals surface area contributed by atoms with Gasteiger partial charge in [-0.25, -0.2) is 0 Å². The van der Waals surface area contributed by atoms with Gasteiger partial charge in [-0.15, -0.1) is 0 Å². The summed E-state index contributed by atoms with van der Waals surface area (Å²) in [4.78, 5) is 0. The van der Waals surface area contributed by atoms with Gasteiger partial charge in [0, 0.05) is 11.3 Å². The molecule has 0 aliphatic rings. The van der Waals surface area contributed by atoms with Gasteiger partial charge < -0.3 is 10.9 Å². The van der Waals surface area contributed by atoms with E-state index in [1.807, 2.05) is 42.1 Å². The fourth-order valence-electron chi connectivity index (χ4n) is 1.62. The van der Waals surface area contributed by atoms with Crippen molar-refractivity contribution in [3.8, 4) is 0 Å². The van der Waals surface area contributed by atoms with Crippen LogP contribution in [0.25, 0.3) is 10.9 Å². The Bertz CT molecular complexity index is 517. The predicted octanol–water partition coefficient (Wildman–Crippen LogP) is 1.42. The van der Waals surface area contributed by atoms with Crippen molar-refractivity contribution in [1.29, 1.82) is 0 Å². The molecular formula is C11H14N4O. The summed E-state index contributed by atoms with van der Waals surface area (Å²) >= 11 is 0.